The second kappa shape index (κ2) is 9.49. The molecule has 0 spiro atoms. The number of hydrogen-bond acceptors (Lipinski definition) is 5. The molecule has 31 heavy (non-hydrogen) atoms. The molecule has 3 aromatic rings. The van der Waals surface area contributed by atoms with Crippen LogP contribution in [0.4, 0.5) is 0 Å². The van der Waals surface area contributed by atoms with Crippen molar-refractivity contribution in [1.82, 2.24) is 4.98 Å². The number of rotatable bonds is 5. The summed E-state index contributed by atoms with van der Waals surface area (Å²) in [5.74, 6) is 1.07. The van der Waals surface area contributed by atoms with Crippen LogP contribution < -0.4 is 9.47 Å². The van der Waals surface area contributed by atoms with Crippen LogP contribution >= 0.6 is 15.9 Å². The van der Waals surface area contributed by atoms with Gasteiger partial charge in [-0.3, -0.25) is 9.78 Å². The van der Waals surface area contributed by atoms with E-state index in [-0.39, 0.29) is 6.47 Å². The fraction of sp³-hybridized carbons (Fsp3) is 0.250. The first-order valence-electron chi connectivity index (χ1n) is 9.81. The first-order valence-corrected chi connectivity index (χ1v) is 10.6. The van der Waals surface area contributed by atoms with Gasteiger partial charge in [0.2, 0.25) is 0 Å². The third-order valence-corrected chi connectivity index (χ3v) is 5.93. The average Bonchev–Trinajstić information content (AvgIpc) is 3.05. The first-order chi connectivity index (χ1) is 15.0. The molecule has 2 N–H and O–H groups in total. The van der Waals surface area contributed by atoms with Crippen LogP contribution in [0.1, 0.15) is 36.5 Å². The van der Waals surface area contributed by atoms with E-state index in [1.165, 1.54) is 0 Å². The minimum Gasteiger partial charge on any atom is -0.495 e. The van der Waals surface area contributed by atoms with Gasteiger partial charge in [-0.2, -0.15) is 0 Å². The molecule has 0 saturated heterocycles. The number of benzene rings is 2. The van der Waals surface area contributed by atoms with Crippen LogP contribution in [0.2, 0.25) is 0 Å². The molecule has 1 aliphatic rings. The summed E-state index contributed by atoms with van der Waals surface area (Å²) < 4.78 is 13.1. The van der Waals surface area contributed by atoms with E-state index >= 15 is 0 Å². The monoisotopic (exact) mass is 485 g/mol. The number of carboxylic acid groups (broad SMARTS) is 1. The van der Waals surface area contributed by atoms with Crippen molar-refractivity contribution >= 4 is 22.4 Å². The Morgan fingerprint density at radius 2 is 1.71 bits per heavy atom. The molecule has 0 aliphatic carbocycles. The maximum Gasteiger partial charge on any atom is 0.290 e. The van der Waals surface area contributed by atoms with Crippen molar-refractivity contribution in [3.8, 4) is 11.5 Å². The van der Waals surface area contributed by atoms with Crippen molar-refractivity contribution in [2.24, 2.45) is 0 Å². The number of pyridine rings is 1. The number of methoxy groups -OCH3 is 1. The molecule has 0 radical (unpaired) electrons. The number of halogens is 1. The molecule has 2 atom stereocenters. The highest BCUT2D eigenvalue weighted by Gasteiger charge is 2.62. The molecule has 0 bridgehead atoms. The highest BCUT2D eigenvalue weighted by atomic mass is 79.9. The van der Waals surface area contributed by atoms with Crippen LogP contribution in [0.15, 0.2) is 71.5 Å². The molecular formula is C24H24BrNO5. The van der Waals surface area contributed by atoms with Crippen LogP contribution in [-0.2, 0) is 16.0 Å². The van der Waals surface area contributed by atoms with Gasteiger partial charge in [-0.05, 0) is 18.6 Å². The van der Waals surface area contributed by atoms with E-state index < -0.39 is 11.2 Å². The third-order valence-electron chi connectivity index (χ3n) is 5.40. The number of aliphatic hydroxyl groups is 1. The second-order valence-electron chi connectivity index (χ2n) is 7.09. The van der Waals surface area contributed by atoms with Crippen molar-refractivity contribution in [1.29, 1.82) is 0 Å². The van der Waals surface area contributed by atoms with Crippen molar-refractivity contribution < 1.29 is 24.5 Å². The summed E-state index contributed by atoms with van der Waals surface area (Å²) in [5, 5.41) is 19.2. The Morgan fingerprint density at radius 3 is 2.29 bits per heavy atom. The van der Waals surface area contributed by atoms with Crippen molar-refractivity contribution in [2.75, 3.05) is 7.11 Å². The number of hydrogen-bond donors (Lipinski definition) is 2. The number of fused-ring (bicyclic) bond motifs is 1. The van der Waals surface area contributed by atoms with Gasteiger partial charge >= 0.3 is 0 Å². The van der Waals surface area contributed by atoms with E-state index in [1.807, 2.05) is 54.6 Å². The van der Waals surface area contributed by atoms with E-state index in [4.69, 9.17) is 19.4 Å². The summed E-state index contributed by atoms with van der Waals surface area (Å²) in [6.07, 6.45) is 4.56. The lowest BCUT2D eigenvalue weighted by Gasteiger charge is -2.42. The SMILES string of the molecule is CCCC1(O)c2c(OC)cncc2OC1(c1ccccc1)c1ccc(Br)cc1.O=CO. The highest BCUT2D eigenvalue weighted by Crippen LogP contribution is 2.60. The molecular weight excluding hydrogens is 462 g/mol. The summed E-state index contributed by atoms with van der Waals surface area (Å²) in [4.78, 5) is 12.6. The van der Waals surface area contributed by atoms with Crippen LogP contribution in [0.5, 0.6) is 11.5 Å². The smallest absolute Gasteiger partial charge is 0.290 e. The Bertz CT molecular complexity index is 1030. The van der Waals surface area contributed by atoms with E-state index in [9.17, 15) is 5.11 Å². The Kier molecular flexibility index (Phi) is 6.97. The molecule has 6 nitrogen and oxygen atoms in total. The standard InChI is InChI=1S/C23H22BrNO3.CH2O2/c1-3-13-22(26)21-19(27-2)14-25-15-20(21)28-23(22,16-7-5-4-6-8-16)17-9-11-18(24)12-10-17;2-1-3/h4-12,14-15,26H,3,13H2,1-2H3;1H,(H,2,3). The van der Waals surface area contributed by atoms with Gasteiger partial charge in [0.25, 0.3) is 6.47 Å². The van der Waals surface area contributed by atoms with Crippen LogP contribution in [0, 0.1) is 0 Å². The van der Waals surface area contributed by atoms with Crippen molar-refractivity contribution in [3.05, 3.63) is 88.2 Å². The zero-order valence-corrected chi connectivity index (χ0v) is 18.9. The van der Waals surface area contributed by atoms with Crippen molar-refractivity contribution in [2.45, 2.75) is 31.0 Å². The fourth-order valence-electron chi connectivity index (χ4n) is 4.27. The zero-order valence-electron chi connectivity index (χ0n) is 17.3. The van der Waals surface area contributed by atoms with Gasteiger partial charge in [0, 0.05) is 15.6 Å². The minimum absolute atomic E-state index is 0.250. The number of carbonyl (C=O) groups is 1. The summed E-state index contributed by atoms with van der Waals surface area (Å²) in [6, 6.07) is 17.8. The lowest BCUT2D eigenvalue weighted by molar-refractivity contribution is -0.122. The fourth-order valence-corrected chi connectivity index (χ4v) is 4.54. The largest absolute Gasteiger partial charge is 0.495 e. The topological polar surface area (TPSA) is 88.9 Å². The Labute approximate surface area is 189 Å². The van der Waals surface area contributed by atoms with Gasteiger partial charge in [-0.15, -0.1) is 0 Å². The molecule has 0 fully saturated rings. The minimum atomic E-state index is -1.32. The van der Waals surface area contributed by atoms with Gasteiger partial charge in [0.05, 0.1) is 25.1 Å². The summed E-state index contributed by atoms with van der Waals surface area (Å²) in [7, 11) is 1.59. The van der Waals surface area contributed by atoms with E-state index in [0.717, 1.165) is 22.0 Å². The summed E-state index contributed by atoms with van der Waals surface area (Å²) in [6.45, 7) is 1.81. The molecule has 0 amide bonds. The molecule has 0 saturated carbocycles. The molecule has 1 aliphatic heterocycles. The van der Waals surface area contributed by atoms with Gasteiger partial charge in [0.15, 0.2) is 5.60 Å². The number of nitrogens with zero attached hydrogens (tertiary/aromatic N) is 1. The predicted octanol–water partition coefficient (Wildman–Crippen LogP) is 4.88. The van der Waals surface area contributed by atoms with Gasteiger partial charge in [-0.1, -0.05) is 71.7 Å². The second-order valence-corrected chi connectivity index (χ2v) is 8.00. The number of ether oxygens (including phenoxy) is 2. The van der Waals surface area contributed by atoms with E-state index in [1.54, 1.807) is 19.5 Å². The van der Waals surface area contributed by atoms with Crippen LogP contribution in [0.25, 0.3) is 0 Å². The van der Waals surface area contributed by atoms with Gasteiger partial charge in [-0.25, -0.2) is 0 Å². The first kappa shape index (κ1) is 22.8. The number of aromatic nitrogens is 1. The van der Waals surface area contributed by atoms with Crippen LogP contribution in [0.3, 0.4) is 0 Å². The Morgan fingerprint density at radius 1 is 1.10 bits per heavy atom. The molecule has 2 unspecified atom stereocenters. The summed E-state index contributed by atoms with van der Waals surface area (Å²) in [5.41, 5.74) is -0.0225. The Balaban J connectivity index is 0.000000858. The molecule has 2 heterocycles. The van der Waals surface area contributed by atoms with Gasteiger partial charge in [0.1, 0.15) is 17.1 Å². The van der Waals surface area contributed by atoms with E-state index in [2.05, 4.69) is 27.8 Å². The van der Waals surface area contributed by atoms with Crippen LogP contribution in [-0.4, -0.2) is 28.8 Å². The maximum atomic E-state index is 12.3. The quantitative estimate of drug-likeness (QED) is 0.500. The molecule has 7 heteroatoms. The maximum absolute atomic E-state index is 12.3. The average molecular weight is 486 g/mol. The van der Waals surface area contributed by atoms with E-state index in [0.29, 0.717) is 23.5 Å². The Hall–Kier alpha value is -2.90. The predicted molar refractivity (Wildman–Crippen MR) is 120 cm³/mol. The lowest BCUT2D eigenvalue weighted by Crippen LogP contribution is -2.50. The third kappa shape index (κ3) is 3.79. The molecule has 2 aromatic carbocycles. The lowest BCUT2D eigenvalue weighted by atomic mass is 9.69. The normalized spacial score (nSPS) is 21.3. The highest BCUT2D eigenvalue weighted by molar-refractivity contribution is 9.10. The molecule has 4 rings (SSSR count). The van der Waals surface area contributed by atoms with Crippen molar-refractivity contribution in [3.63, 3.8) is 0 Å². The zero-order chi connectivity index (χ0) is 22.5. The van der Waals surface area contributed by atoms with Gasteiger partial charge < -0.3 is 19.7 Å². The molecule has 162 valence electrons. The summed E-state index contributed by atoms with van der Waals surface area (Å²) >= 11 is 3.50. The molecule has 1 aromatic heterocycles.